The van der Waals surface area contributed by atoms with Crippen LogP contribution >= 0.6 is 0 Å². The SMILES string of the molecule is CCCCCc1ccc(C(C)=O)cc1.Cc1ccc(C)cc1. The average Bonchev–Trinajstić information content (AvgIpc) is 2.52. The van der Waals surface area contributed by atoms with Crippen molar-refractivity contribution in [3.8, 4) is 0 Å². The molecule has 0 N–H and O–H groups in total. The van der Waals surface area contributed by atoms with Crippen molar-refractivity contribution in [2.24, 2.45) is 0 Å². The second-order valence-electron chi connectivity index (χ2n) is 5.86. The molecule has 1 heteroatoms. The zero-order valence-corrected chi connectivity index (χ0v) is 14.4. The molecule has 0 spiro atoms. The highest BCUT2D eigenvalue weighted by Gasteiger charge is 1.98. The van der Waals surface area contributed by atoms with Crippen LogP contribution in [-0.2, 0) is 6.42 Å². The van der Waals surface area contributed by atoms with Crippen molar-refractivity contribution in [3.63, 3.8) is 0 Å². The van der Waals surface area contributed by atoms with Crippen LogP contribution in [-0.4, -0.2) is 5.78 Å². The Morgan fingerprint density at radius 3 is 1.73 bits per heavy atom. The van der Waals surface area contributed by atoms with Crippen LogP contribution < -0.4 is 0 Å². The number of aryl methyl sites for hydroxylation is 3. The zero-order chi connectivity index (χ0) is 16.4. The van der Waals surface area contributed by atoms with Crippen LogP contribution in [0.5, 0.6) is 0 Å². The van der Waals surface area contributed by atoms with Crippen molar-refractivity contribution in [1.29, 1.82) is 0 Å². The van der Waals surface area contributed by atoms with Gasteiger partial charge in [0, 0.05) is 5.56 Å². The molecule has 0 amide bonds. The molecule has 0 aliphatic heterocycles. The predicted octanol–water partition coefficient (Wildman–Crippen LogP) is 5.93. The van der Waals surface area contributed by atoms with E-state index in [0.29, 0.717) is 0 Å². The fraction of sp³-hybridized carbons (Fsp3) is 0.381. The lowest BCUT2D eigenvalue weighted by atomic mass is 10.0. The Morgan fingerprint density at radius 1 is 0.818 bits per heavy atom. The summed E-state index contributed by atoms with van der Waals surface area (Å²) in [5.74, 6) is 0.144. The number of hydrogen-bond donors (Lipinski definition) is 0. The Hall–Kier alpha value is -1.89. The number of carbonyl (C=O) groups excluding carboxylic acids is 1. The van der Waals surface area contributed by atoms with Gasteiger partial charge in [0.15, 0.2) is 5.78 Å². The summed E-state index contributed by atoms with van der Waals surface area (Å²) < 4.78 is 0. The molecule has 22 heavy (non-hydrogen) atoms. The number of rotatable bonds is 5. The zero-order valence-electron chi connectivity index (χ0n) is 14.4. The fourth-order valence-corrected chi connectivity index (χ4v) is 2.12. The lowest BCUT2D eigenvalue weighted by Crippen LogP contribution is -1.92. The highest BCUT2D eigenvalue weighted by Crippen LogP contribution is 2.09. The summed E-state index contributed by atoms with van der Waals surface area (Å²) in [7, 11) is 0. The average molecular weight is 296 g/mol. The van der Waals surface area contributed by atoms with Gasteiger partial charge in [0.2, 0.25) is 0 Å². The standard InChI is InChI=1S/C13H18O.C8H10/c1-3-4-5-6-12-7-9-13(10-8-12)11(2)14;1-7-3-5-8(2)6-4-7/h7-10H,3-6H2,1-2H3;3-6H,1-2H3. The molecule has 0 saturated heterocycles. The van der Waals surface area contributed by atoms with Crippen LogP contribution in [0.25, 0.3) is 0 Å². The van der Waals surface area contributed by atoms with E-state index >= 15 is 0 Å². The molecule has 0 bridgehead atoms. The van der Waals surface area contributed by atoms with E-state index in [2.05, 4.69) is 57.2 Å². The maximum absolute atomic E-state index is 11.0. The van der Waals surface area contributed by atoms with Gasteiger partial charge < -0.3 is 0 Å². The van der Waals surface area contributed by atoms with Gasteiger partial charge >= 0.3 is 0 Å². The summed E-state index contributed by atoms with van der Waals surface area (Å²) in [6.07, 6.45) is 4.92. The first-order valence-electron chi connectivity index (χ1n) is 8.16. The van der Waals surface area contributed by atoms with Gasteiger partial charge in [-0.05, 0) is 39.2 Å². The summed E-state index contributed by atoms with van der Waals surface area (Å²) >= 11 is 0. The maximum Gasteiger partial charge on any atom is 0.159 e. The first kappa shape index (κ1) is 18.2. The van der Waals surface area contributed by atoms with Crippen molar-refractivity contribution in [1.82, 2.24) is 0 Å². The quantitative estimate of drug-likeness (QED) is 0.494. The Morgan fingerprint density at radius 2 is 1.32 bits per heavy atom. The van der Waals surface area contributed by atoms with E-state index in [4.69, 9.17) is 0 Å². The second kappa shape index (κ2) is 9.94. The minimum Gasteiger partial charge on any atom is -0.295 e. The van der Waals surface area contributed by atoms with Crippen molar-refractivity contribution in [2.45, 2.75) is 53.4 Å². The minimum absolute atomic E-state index is 0.144. The third-order valence-electron chi connectivity index (χ3n) is 3.65. The Balaban J connectivity index is 0.000000255. The van der Waals surface area contributed by atoms with Gasteiger partial charge in [0.25, 0.3) is 0 Å². The van der Waals surface area contributed by atoms with E-state index in [9.17, 15) is 4.79 Å². The molecule has 2 rings (SSSR count). The highest BCUT2D eigenvalue weighted by molar-refractivity contribution is 5.93. The van der Waals surface area contributed by atoms with E-state index < -0.39 is 0 Å². The second-order valence-corrected chi connectivity index (χ2v) is 5.86. The van der Waals surface area contributed by atoms with Crippen molar-refractivity contribution < 1.29 is 4.79 Å². The molecule has 0 unspecified atom stereocenters. The van der Waals surface area contributed by atoms with Gasteiger partial charge in [0.05, 0.1) is 0 Å². The molecule has 0 atom stereocenters. The highest BCUT2D eigenvalue weighted by atomic mass is 16.1. The summed E-state index contributed by atoms with van der Waals surface area (Å²) in [5.41, 5.74) is 4.80. The molecule has 0 radical (unpaired) electrons. The summed E-state index contributed by atoms with van der Waals surface area (Å²) in [5, 5.41) is 0. The first-order chi connectivity index (χ1) is 10.5. The number of carbonyl (C=O) groups is 1. The molecule has 0 aromatic heterocycles. The lowest BCUT2D eigenvalue weighted by Gasteiger charge is -2.01. The van der Waals surface area contributed by atoms with Crippen molar-refractivity contribution in [2.75, 3.05) is 0 Å². The van der Waals surface area contributed by atoms with Gasteiger partial charge in [0.1, 0.15) is 0 Å². The molecule has 0 fully saturated rings. The van der Waals surface area contributed by atoms with Crippen LogP contribution in [0.1, 0.15) is 60.2 Å². The molecule has 0 saturated carbocycles. The van der Waals surface area contributed by atoms with E-state index in [0.717, 1.165) is 12.0 Å². The normalized spacial score (nSPS) is 9.82. The number of benzene rings is 2. The summed E-state index contributed by atoms with van der Waals surface area (Å²) in [4.78, 5) is 11.0. The summed E-state index contributed by atoms with van der Waals surface area (Å²) in [6, 6.07) is 16.4. The third-order valence-corrected chi connectivity index (χ3v) is 3.65. The predicted molar refractivity (Wildman–Crippen MR) is 95.6 cm³/mol. The fourth-order valence-electron chi connectivity index (χ4n) is 2.12. The van der Waals surface area contributed by atoms with Crippen LogP contribution in [0.15, 0.2) is 48.5 Å². The van der Waals surface area contributed by atoms with Crippen LogP contribution in [0, 0.1) is 13.8 Å². The number of unbranched alkanes of at least 4 members (excludes halogenated alkanes) is 2. The smallest absolute Gasteiger partial charge is 0.159 e. The monoisotopic (exact) mass is 296 g/mol. The minimum atomic E-state index is 0.144. The van der Waals surface area contributed by atoms with Gasteiger partial charge in [-0.15, -0.1) is 0 Å². The van der Waals surface area contributed by atoms with Crippen LogP contribution in [0.3, 0.4) is 0 Å². The van der Waals surface area contributed by atoms with Gasteiger partial charge in [-0.25, -0.2) is 0 Å². The molecular formula is C21H28O. The van der Waals surface area contributed by atoms with Crippen LogP contribution in [0.4, 0.5) is 0 Å². The molecule has 1 nitrogen and oxygen atoms in total. The third kappa shape index (κ3) is 7.21. The van der Waals surface area contributed by atoms with Crippen molar-refractivity contribution in [3.05, 3.63) is 70.8 Å². The van der Waals surface area contributed by atoms with Gasteiger partial charge in [-0.3, -0.25) is 4.79 Å². The van der Waals surface area contributed by atoms with E-state index in [1.54, 1.807) is 6.92 Å². The van der Waals surface area contributed by atoms with Crippen LogP contribution in [0.2, 0.25) is 0 Å². The largest absolute Gasteiger partial charge is 0.295 e. The molecule has 2 aromatic rings. The van der Waals surface area contributed by atoms with E-state index in [1.165, 1.54) is 36.0 Å². The number of Topliss-reactive ketones (excluding diaryl/α,β-unsaturated/α-hetero) is 1. The molecule has 2 aromatic carbocycles. The molecule has 0 heterocycles. The van der Waals surface area contributed by atoms with E-state index in [1.807, 2.05) is 12.1 Å². The molecule has 118 valence electrons. The molecular weight excluding hydrogens is 268 g/mol. The summed E-state index contributed by atoms with van der Waals surface area (Å²) in [6.45, 7) is 8.00. The Bertz CT molecular complexity index is 528. The maximum atomic E-state index is 11.0. The Kier molecular flexibility index (Phi) is 8.21. The van der Waals surface area contributed by atoms with Gasteiger partial charge in [-0.2, -0.15) is 0 Å². The van der Waals surface area contributed by atoms with Gasteiger partial charge in [-0.1, -0.05) is 79.4 Å². The Labute approximate surface area is 135 Å². The van der Waals surface area contributed by atoms with Crippen molar-refractivity contribution >= 4 is 5.78 Å². The topological polar surface area (TPSA) is 17.1 Å². The van der Waals surface area contributed by atoms with E-state index in [-0.39, 0.29) is 5.78 Å². The first-order valence-corrected chi connectivity index (χ1v) is 8.16. The molecule has 0 aliphatic carbocycles. The number of ketones is 1. The molecule has 0 aliphatic rings. The number of hydrogen-bond acceptors (Lipinski definition) is 1. The lowest BCUT2D eigenvalue weighted by molar-refractivity contribution is 0.101.